The molecule has 1 aromatic carbocycles. The van der Waals surface area contributed by atoms with Gasteiger partial charge in [0.2, 0.25) is 0 Å². The molecule has 8 heteroatoms. The highest BCUT2D eigenvalue weighted by Crippen LogP contribution is 2.35. The molecule has 3 aromatic rings. The van der Waals surface area contributed by atoms with E-state index in [1.165, 1.54) is 24.3 Å². The van der Waals surface area contributed by atoms with Crippen LogP contribution in [0.5, 0.6) is 5.75 Å². The van der Waals surface area contributed by atoms with Crippen LogP contribution >= 0.6 is 0 Å². The van der Waals surface area contributed by atoms with Gasteiger partial charge in [-0.05, 0) is 58.0 Å². The van der Waals surface area contributed by atoms with Gasteiger partial charge in [-0.15, -0.1) is 0 Å². The predicted molar refractivity (Wildman–Crippen MR) is 112 cm³/mol. The lowest BCUT2D eigenvalue weighted by atomic mass is 10.2. The summed E-state index contributed by atoms with van der Waals surface area (Å²) >= 11 is 0. The smallest absolute Gasteiger partial charge is 0.358 e. The van der Waals surface area contributed by atoms with Gasteiger partial charge in [0.1, 0.15) is 11.5 Å². The van der Waals surface area contributed by atoms with Gasteiger partial charge in [-0.25, -0.2) is 14.2 Å². The number of halogens is 1. The molecule has 0 saturated carbocycles. The number of carbonyl (C=O) groups excluding carboxylic acids is 2. The summed E-state index contributed by atoms with van der Waals surface area (Å²) in [5, 5.41) is 3.37. The van der Waals surface area contributed by atoms with Crippen LogP contribution in [0, 0.1) is 12.7 Å². The average Bonchev–Trinajstić information content (AvgIpc) is 2.93. The maximum absolute atomic E-state index is 13.1. The molecule has 2 heterocycles. The van der Waals surface area contributed by atoms with Gasteiger partial charge in [0, 0.05) is 12.6 Å². The Labute approximate surface area is 173 Å². The largest absolute Gasteiger partial charge is 0.488 e. The summed E-state index contributed by atoms with van der Waals surface area (Å²) in [6, 6.07) is 6.97. The SMILES string of the molecule is CCOC(=O)c1c(OC(C)C)c2cc(NC(=O)c3ccc(F)cc3)c(C)nc2n1C. The molecule has 3 rings (SSSR count). The number of pyridine rings is 1. The van der Waals surface area contributed by atoms with Crippen LogP contribution in [0.2, 0.25) is 0 Å². The number of esters is 1. The van der Waals surface area contributed by atoms with Crippen LogP contribution in [0.3, 0.4) is 0 Å². The van der Waals surface area contributed by atoms with Crippen LogP contribution in [-0.4, -0.2) is 34.1 Å². The Morgan fingerprint density at radius 3 is 2.50 bits per heavy atom. The minimum atomic E-state index is -0.511. The number of nitrogens with one attached hydrogen (secondary N) is 1. The van der Waals surface area contributed by atoms with Gasteiger partial charge in [0.15, 0.2) is 11.4 Å². The van der Waals surface area contributed by atoms with Crippen LogP contribution < -0.4 is 10.1 Å². The molecule has 0 aliphatic heterocycles. The Hall–Kier alpha value is -3.42. The molecule has 0 atom stereocenters. The standard InChI is InChI=1S/C22H24FN3O4/c1-6-29-22(28)18-19(30-12(2)3)16-11-17(13(4)24-20(16)26(18)5)25-21(27)14-7-9-15(23)10-8-14/h7-12H,6H2,1-5H3,(H,25,27). The molecular formula is C22H24FN3O4. The minimum absolute atomic E-state index is 0.192. The van der Waals surface area contributed by atoms with Crippen LogP contribution in [0.15, 0.2) is 30.3 Å². The van der Waals surface area contributed by atoms with E-state index in [4.69, 9.17) is 9.47 Å². The van der Waals surface area contributed by atoms with Crippen molar-refractivity contribution in [3.05, 3.63) is 53.1 Å². The summed E-state index contributed by atoms with van der Waals surface area (Å²) in [5.74, 6) is -0.974. The molecule has 0 fully saturated rings. The number of aromatic nitrogens is 2. The van der Waals surface area contributed by atoms with E-state index >= 15 is 0 Å². The van der Waals surface area contributed by atoms with Crippen LogP contribution in [0.1, 0.15) is 47.3 Å². The quantitative estimate of drug-likeness (QED) is 0.612. The second-order valence-electron chi connectivity index (χ2n) is 7.08. The summed E-state index contributed by atoms with van der Waals surface area (Å²) in [5.41, 5.74) is 2.13. The van der Waals surface area contributed by atoms with Gasteiger partial charge in [0.05, 0.1) is 29.5 Å². The monoisotopic (exact) mass is 413 g/mol. The summed E-state index contributed by atoms with van der Waals surface area (Å²) in [6.07, 6.45) is -0.192. The van der Waals surface area contributed by atoms with Gasteiger partial charge < -0.3 is 19.4 Å². The van der Waals surface area contributed by atoms with Gasteiger partial charge in [-0.3, -0.25) is 4.79 Å². The van der Waals surface area contributed by atoms with Gasteiger partial charge >= 0.3 is 5.97 Å². The van der Waals surface area contributed by atoms with Crippen LogP contribution in [0.4, 0.5) is 10.1 Å². The number of aryl methyl sites for hydroxylation is 2. The minimum Gasteiger partial charge on any atom is -0.488 e. The van der Waals surface area contributed by atoms with E-state index in [9.17, 15) is 14.0 Å². The molecule has 1 amide bonds. The summed E-state index contributed by atoms with van der Waals surface area (Å²) in [4.78, 5) is 29.7. The second kappa shape index (κ2) is 8.52. The fraction of sp³-hybridized carbons (Fsp3) is 0.318. The molecule has 0 unspecified atom stereocenters. The fourth-order valence-corrected chi connectivity index (χ4v) is 3.11. The molecule has 0 radical (unpaired) electrons. The highest BCUT2D eigenvalue weighted by Gasteiger charge is 2.26. The second-order valence-corrected chi connectivity index (χ2v) is 7.08. The van der Waals surface area contributed by atoms with Crippen molar-refractivity contribution in [1.29, 1.82) is 0 Å². The normalized spacial score (nSPS) is 11.0. The van der Waals surface area contributed by atoms with Gasteiger partial charge in [-0.2, -0.15) is 0 Å². The van der Waals surface area contributed by atoms with Crippen molar-refractivity contribution in [2.45, 2.75) is 33.8 Å². The summed E-state index contributed by atoms with van der Waals surface area (Å²) in [6.45, 7) is 7.42. The number of hydrogen-bond acceptors (Lipinski definition) is 5. The van der Waals surface area contributed by atoms with E-state index in [1.54, 1.807) is 31.5 Å². The van der Waals surface area contributed by atoms with Crippen molar-refractivity contribution >= 4 is 28.6 Å². The topological polar surface area (TPSA) is 82.4 Å². The molecule has 0 aliphatic carbocycles. The third kappa shape index (κ3) is 4.12. The zero-order valence-corrected chi connectivity index (χ0v) is 17.6. The van der Waals surface area contributed by atoms with Gasteiger partial charge in [0.25, 0.3) is 5.91 Å². The maximum atomic E-state index is 13.1. The van der Waals surface area contributed by atoms with Crippen LogP contribution in [-0.2, 0) is 11.8 Å². The van der Waals surface area contributed by atoms with E-state index in [1.807, 2.05) is 13.8 Å². The fourth-order valence-electron chi connectivity index (χ4n) is 3.11. The third-order valence-electron chi connectivity index (χ3n) is 4.48. The molecule has 2 aromatic heterocycles. The molecule has 0 aliphatic rings. The Morgan fingerprint density at radius 2 is 1.90 bits per heavy atom. The first-order valence-electron chi connectivity index (χ1n) is 9.63. The lowest BCUT2D eigenvalue weighted by Gasteiger charge is -2.12. The van der Waals surface area contributed by atoms with Crippen molar-refractivity contribution < 1.29 is 23.5 Å². The number of amides is 1. The number of carbonyl (C=O) groups is 2. The van der Waals surface area contributed by atoms with Crippen molar-refractivity contribution in [3.8, 4) is 5.75 Å². The Balaban J connectivity index is 2.09. The lowest BCUT2D eigenvalue weighted by Crippen LogP contribution is -2.14. The molecule has 158 valence electrons. The number of fused-ring (bicyclic) bond motifs is 1. The lowest BCUT2D eigenvalue weighted by molar-refractivity contribution is 0.0509. The molecule has 0 spiro atoms. The van der Waals surface area contributed by atoms with Gasteiger partial charge in [-0.1, -0.05) is 0 Å². The molecule has 0 saturated heterocycles. The first-order valence-corrected chi connectivity index (χ1v) is 9.63. The molecule has 1 N–H and O–H groups in total. The van der Waals surface area contributed by atoms with E-state index < -0.39 is 17.7 Å². The predicted octanol–water partition coefficient (Wildman–Crippen LogP) is 4.24. The van der Waals surface area contributed by atoms with Crippen molar-refractivity contribution in [3.63, 3.8) is 0 Å². The first-order chi connectivity index (χ1) is 14.2. The average molecular weight is 413 g/mol. The zero-order chi connectivity index (χ0) is 22.0. The Kier molecular flexibility index (Phi) is 6.05. The maximum Gasteiger partial charge on any atom is 0.358 e. The van der Waals surface area contributed by atoms with Crippen LogP contribution in [0.25, 0.3) is 11.0 Å². The van der Waals surface area contributed by atoms with Crippen molar-refractivity contribution in [2.75, 3.05) is 11.9 Å². The van der Waals surface area contributed by atoms with Crippen molar-refractivity contribution in [1.82, 2.24) is 9.55 Å². The Bertz CT molecular complexity index is 1100. The molecule has 0 bridgehead atoms. The first kappa shape index (κ1) is 21.3. The van der Waals surface area contributed by atoms with Crippen molar-refractivity contribution in [2.24, 2.45) is 7.05 Å². The van der Waals surface area contributed by atoms with E-state index in [0.29, 0.717) is 33.7 Å². The number of hydrogen-bond donors (Lipinski definition) is 1. The Morgan fingerprint density at radius 1 is 1.23 bits per heavy atom. The van der Waals surface area contributed by atoms with E-state index in [0.717, 1.165) is 0 Å². The number of ether oxygens (including phenoxy) is 2. The number of rotatable bonds is 6. The molecular weight excluding hydrogens is 389 g/mol. The third-order valence-corrected chi connectivity index (χ3v) is 4.48. The molecule has 7 nitrogen and oxygen atoms in total. The summed E-state index contributed by atoms with van der Waals surface area (Å²) in [7, 11) is 1.71. The zero-order valence-electron chi connectivity index (χ0n) is 17.6. The number of nitrogens with zero attached hydrogens (tertiary/aromatic N) is 2. The number of benzene rings is 1. The highest BCUT2D eigenvalue weighted by atomic mass is 19.1. The highest BCUT2D eigenvalue weighted by molar-refractivity contribution is 6.06. The number of anilines is 1. The summed E-state index contributed by atoms with van der Waals surface area (Å²) < 4.78 is 25.9. The van der Waals surface area contributed by atoms with E-state index in [2.05, 4.69) is 10.3 Å². The molecule has 30 heavy (non-hydrogen) atoms. The van der Waals surface area contributed by atoms with E-state index in [-0.39, 0.29) is 18.4 Å².